The lowest BCUT2D eigenvalue weighted by molar-refractivity contribution is 1.16. The van der Waals surface area contributed by atoms with Crippen molar-refractivity contribution in [3.05, 3.63) is 188 Å². The van der Waals surface area contributed by atoms with Crippen molar-refractivity contribution in [2.75, 3.05) is 0 Å². The molecule has 0 aliphatic carbocycles. The molecule has 11 rings (SSSR count). The van der Waals surface area contributed by atoms with Gasteiger partial charge in [-0.1, -0.05) is 103 Å². The minimum Gasteiger partial charge on any atom is -0.309 e. The maximum absolute atomic E-state index is 10.3. The standard InChI is InChI=1S/C49H30N4.B/c50-31-32-26-34(33-12-11-13-35(28-33)51-44-19-6-1-14-38(44)39-15-2-7-20-45(39)51)29-37(27-32)53-48-23-10-5-18-42(48)43-30-36(24-25-49(43)53)52-46-21-8-3-16-40(46)41-17-4-9-22-47(41)52;/h1-30H;. The monoisotopic (exact) mass is 685 g/mol. The van der Waals surface area contributed by atoms with Crippen molar-refractivity contribution in [2.24, 2.45) is 0 Å². The predicted octanol–water partition coefficient (Wildman–Crippen LogP) is 12.1. The summed E-state index contributed by atoms with van der Waals surface area (Å²) in [5.74, 6) is 0. The van der Waals surface area contributed by atoms with E-state index < -0.39 is 0 Å². The first-order chi connectivity index (χ1) is 26.2. The summed E-state index contributed by atoms with van der Waals surface area (Å²) in [5.41, 5.74) is 12.7. The number of hydrogen-bond acceptors (Lipinski definition) is 1. The summed E-state index contributed by atoms with van der Waals surface area (Å²) < 4.78 is 7.02. The fourth-order valence-electron chi connectivity index (χ4n) is 8.58. The van der Waals surface area contributed by atoms with Gasteiger partial charge in [-0.05, 0) is 90.0 Å². The van der Waals surface area contributed by atoms with Crippen molar-refractivity contribution in [1.29, 1.82) is 5.26 Å². The second kappa shape index (κ2) is 12.2. The van der Waals surface area contributed by atoms with Crippen molar-refractivity contribution in [3.63, 3.8) is 0 Å². The van der Waals surface area contributed by atoms with Gasteiger partial charge < -0.3 is 13.7 Å². The molecule has 0 amide bonds. The van der Waals surface area contributed by atoms with Gasteiger partial charge in [0.25, 0.3) is 0 Å². The lowest BCUT2D eigenvalue weighted by atomic mass is 10.0. The molecule has 0 saturated heterocycles. The van der Waals surface area contributed by atoms with Gasteiger partial charge >= 0.3 is 0 Å². The molecule has 0 aliphatic heterocycles. The number of nitriles is 1. The van der Waals surface area contributed by atoms with Crippen molar-refractivity contribution < 1.29 is 0 Å². The van der Waals surface area contributed by atoms with E-state index in [-0.39, 0.29) is 8.41 Å². The number of nitrogens with zero attached hydrogens (tertiary/aromatic N) is 4. The maximum atomic E-state index is 10.3. The second-order valence-corrected chi connectivity index (χ2v) is 13.7. The molecule has 3 aromatic heterocycles. The molecule has 8 aromatic carbocycles. The summed E-state index contributed by atoms with van der Waals surface area (Å²) in [6.45, 7) is 0. The Labute approximate surface area is 313 Å². The Morgan fingerprint density at radius 2 is 0.722 bits per heavy atom. The third kappa shape index (κ3) is 4.57. The zero-order chi connectivity index (χ0) is 35.0. The van der Waals surface area contributed by atoms with Crippen LogP contribution in [-0.2, 0) is 0 Å². The Hall–Kier alpha value is -7.29. The van der Waals surface area contributed by atoms with Crippen LogP contribution in [0.1, 0.15) is 5.56 Å². The number of aromatic nitrogens is 3. The minimum absolute atomic E-state index is 0. The Balaban J connectivity index is 0.00000361. The Morgan fingerprint density at radius 3 is 1.22 bits per heavy atom. The van der Waals surface area contributed by atoms with Gasteiger partial charge in [-0.25, -0.2) is 0 Å². The summed E-state index contributed by atoms with van der Waals surface area (Å²) in [7, 11) is 0. The fraction of sp³-hybridized carbons (Fsp3) is 0. The molecule has 54 heavy (non-hydrogen) atoms. The molecule has 0 N–H and O–H groups in total. The number of rotatable bonds is 4. The molecule has 11 aromatic rings. The molecule has 249 valence electrons. The molecule has 0 unspecified atom stereocenters. The molecule has 0 aliphatic rings. The molecule has 0 fully saturated rings. The first kappa shape index (κ1) is 31.5. The van der Waals surface area contributed by atoms with E-state index in [1.54, 1.807) is 0 Å². The number of benzene rings is 8. The fourth-order valence-corrected chi connectivity index (χ4v) is 8.58. The molecule has 3 radical (unpaired) electrons. The molecule has 0 saturated carbocycles. The van der Waals surface area contributed by atoms with Gasteiger partial charge in [0, 0.05) is 57.8 Å². The van der Waals surface area contributed by atoms with E-state index in [1.165, 1.54) is 49.0 Å². The van der Waals surface area contributed by atoms with Crippen LogP contribution < -0.4 is 0 Å². The first-order valence-corrected chi connectivity index (χ1v) is 17.9. The van der Waals surface area contributed by atoms with Crippen molar-refractivity contribution in [2.45, 2.75) is 0 Å². The molecule has 5 heteroatoms. The van der Waals surface area contributed by atoms with Crippen LogP contribution in [0.15, 0.2) is 182 Å². The predicted molar refractivity (Wildman–Crippen MR) is 225 cm³/mol. The van der Waals surface area contributed by atoms with Crippen LogP contribution in [0.5, 0.6) is 0 Å². The highest BCUT2D eigenvalue weighted by Crippen LogP contribution is 2.39. The van der Waals surface area contributed by atoms with Gasteiger partial charge in [-0.3, -0.25) is 0 Å². The van der Waals surface area contributed by atoms with Gasteiger partial charge in [0.2, 0.25) is 0 Å². The van der Waals surface area contributed by atoms with Crippen LogP contribution in [0.2, 0.25) is 0 Å². The maximum Gasteiger partial charge on any atom is 0.0992 e. The molecule has 4 nitrogen and oxygen atoms in total. The van der Waals surface area contributed by atoms with Gasteiger partial charge in [0.1, 0.15) is 0 Å². The van der Waals surface area contributed by atoms with E-state index in [2.05, 4.69) is 190 Å². The van der Waals surface area contributed by atoms with Crippen molar-refractivity contribution in [3.8, 4) is 34.3 Å². The molecular weight excluding hydrogens is 655 g/mol. The van der Waals surface area contributed by atoms with E-state index in [0.29, 0.717) is 5.56 Å². The smallest absolute Gasteiger partial charge is 0.0992 e. The molecule has 0 spiro atoms. The molecular formula is C49H30BN4. The highest BCUT2D eigenvalue weighted by Gasteiger charge is 2.18. The first-order valence-electron chi connectivity index (χ1n) is 17.9. The lowest BCUT2D eigenvalue weighted by Gasteiger charge is -2.14. The van der Waals surface area contributed by atoms with Gasteiger partial charge in [0.15, 0.2) is 0 Å². The summed E-state index contributed by atoms with van der Waals surface area (Å²) in [5, 5.41) is 17.6. The van der Waals surface area contributed by atoms with Gasteiger partial charge in [-0.2, -0.15) is 5.26 Å². The van der Waals surface area contributed by atoms with E-state index >= 15 is 0 Å². The van der Waals surface area contributed by atoms with Crippen molar-refractivity contribution in [1.82, 2.24) is 13.7 Å². The third-order valence-corrected chi connectivity index (χ3v) is 10.8. The zero-order valence-corrected chi connectivity index (χ0v) is 29.2. The van der Waals surface area contributed by atoms with Crippen molar-refractivity contribution >= 4 is 73.8 Å². The summed E-state index contributed by atoms with van der Waals surface area (Å²) in [6.07, 6.45) is 0. The SMILES string of the molecule is N#Cc1cc(-c2cccc(-n3c4ccccc4c4ccccc43)c2)cc(-n2c3ccccc3c3cc(-n4c5ccccc5c5ccccc54)ccc32)c1.[B]. The van der Waals surface area contributed by atoms with Crippen LogP contribution in [0.4, 0.5) is 0 Å². The Bertz CT molecular complexity index is 3210. The molecule has 0 bridgehead atoms. The normalized spacial score (nSPS) is 11.5. The van der Waals surface area contributed by atoms with Crippen LogP contribution in [0.25, 0.3) is 93.6 Å². The van der Waals surface area contributed by atoms with Gasteiger partial charge in [-0.15, -0.1) is 0 Å². The Kier molecular flexibility index (Phi) is 7.08. The van der Waals surface area contributed by atoms with E-state index in [9.17, 15) is 5.26 Å². The van der Waals surface area contributed by atoms with E-state index in [4.69, 9.17) is 0 Å². The van der Waals surface area contributed by atoms with Gasteiger partial charge in [0.05, 0.1) is 44.7 Å². The molecule has 3 heterocycles. The summed E-state index contributed by atoms with van der Waals surface area (Å²) in [6, 6.07) is 67.1. The number of fused-ring (bicyclic) bond motifs is 9. The zero-order valence-electron chi connectivity index (χ0n) is 29.2. The number of hydrogen-bond donors (Lipinski definition) is 0. The van der Waals surface area contributed by atoms with Crippen LogP contribution in [0.3, 0.4) is 0 Å². The van der Waals surface area contributed by atoms with Crippen LogP contribution in [-0.4, -0.2) is 22.1 Å². The third-order valence-electron chi connectivity index (χ3n) is 10.8. The summed E-state index contributed by atoms with van der Waals surface area (Å²) >= 11 is 0. The Morgan fingerprint density at radius 1 is 0.315 bits per heavy atom. The van der Waals surface area contributed by atoms with Crippen LogP contribution in [0, 0.1) is 11.3 Å². The quantitative estimate of drug-likeness (QED) is 0.170. The topological polar surface area (TPSA) is 38.6 Å². The van der Waals surface area contributed by atoms with E-state index in [1.807, 2.05) is 12.1 Å². The second-order valence-electron chi connectivity index (χ2n) is 13.7. The van der Waals surface area contributed by atoms with Crippen LogP contribution >= 0.6 is 0 Å². The highest BCUT2D eigenvalue weighted by molar-refractivity contribution is 6.12. The summed E-state index contributed by atoms with van der Waals surface area (Å²) in [4.78, 5) is 0. The van der Waals surface area contributed by atoms with E-state index in [0.717, 1.165) is 44.6 Å². The average Bonchev–Trinajstić information content (AvgIpc) is 3.86. The number of para-hydroxylation sites is 5. The average molecular weight is 686 g/mol. The highest BCUT2D eigenvalue weighted by atomic mass is 15.0. The largest absolute Gasteiger partial charge is 0.309 e. The lowest BCUT2D eigenvalue weighted by Crippen LogP contribution is -1.98. The molecule has 0 atom stereocenters. The minimum atomic E-state index is 0.